The predicted octanol–water partition coefficient (Wildman–Crippen LogP) is 2.71. The summed E-state index contributed by atoms with van der Waals surface area (Å²) in [5, 5.41) is 13.7. The van der Waals surface area contributed by atoms with Gasteiger partial charge in [-0.3, -0.25) is 9.59 Å². The number of carboxylic acids is 1. The fourth-order valence-corrected chi connectivity index (χ4v) is 2.78. The quantitative estimate of drug-likeness (QED) is 0.813. The Morgan fingerprint density at radius 3 is 2.61 bits per heavy atom. The van der Waals surface area contributed by atoms with Gasteiger partial charge in [0.25, 0.3) is 5.91 Å². The number of hydrogen-bond donors (Lipinski definition) is 2. The molecule has 2 aromatic rings. The normalized spacial score (nSPS) is 11.6. The average molecular weight is 335 g/mol. The van der Waals surface area contributed by atoms with Crippen LogP contribution in [0.25, 0.3) is 0 Å². The van der Waals surface area contributed by atoms with Gasteiger partial charge in [0.15, 0.2) is 0 Å². The van der Waals surface area contributed by atoms with E-state index in [4.69, 9.17) is 14.6 Å². The molecule has 6 nitrogen and oxygen atoms in total. The maximum Gasteiger partial charge on any atom is 0.305 e. The molecule has 23 heavy (non-hydrogen) atoms. The summed E-state index contributed by atoms with van der Waals surface area (Å²) in [4.78, 5) is 23.9. The van der Waals surface area contributed by atoms with Gasteiger partial charge in [-0.25, -0.2) is 0 Å². The second-order valence-corrected chi connectivity index (χ2v) is 5.66. The first-order valence-corrected chi connectivity index (χ1v) is 7.71. The lowest BCUT2D eigenvalue weighted by Crippen LogP contribution is -2.30. The minimum absolute atomic E-state index is 0.250. The molecule has 1 atom stereocenters. The highest BCUT2D eigenvalue weighted by molar-refractivity contribution is 7.12. The smallest absolute Gasteiger partial charge is 0.305 e. The van der Waals surface area contributed by atoms with Gasteiger partial charge in [-0.2, -0.15) is 0 Å². The molecule has 1 aromatic heterocycles. The molecule has 2 rings (SSSR count). The highest BCUT2D eigenvalue weighted by Crippen LogP contribution is 2.31. The summed E-state index contributed by atoms with van der Waals surface area (Å²) in [6.45, 7) is 0. The summed E-state index contributed by atoms with van der Waals surface area (Å²) in [6, 6.07) is 7.79. The van der Waals surface area contributed by atoms with E-state index in [0.717, 1.165) is 0 Å². The van der Waals surface area contributed by atoms with Crippen molar-refractivity contribution in [2.45, 2.75) is 12.5 Å². The molecule has 0 fully saturated rings. The first-order valence-electron chi connectivity index (χ1n) is 6.83. The lowest BCUT2D eigenvalue weighted by molar-refractivity contribution is -0.137. The van der Waals surface area contributed by atoms with Gasteiger partial charge in [0, 0.05) is 11.6 Å². The number of ether oxygens (including phenoxy) is 2. The number of nitrogens with one attached hydrogen (secondary N) is 1. The monoisotopic (exact) mass is 335 g/mol. The van der Waals surface area contributed by atoms with Crippen LogP contribution in [0.15, 0.2) is 35.7 Å². The van der Waals surface area contributed by atoms with Gasteiger partial charge in [0.1, 0.15) is 11.5 Å². The van der Waals surface area contributed by atoms with Crippen molar-refractivity contribution < 1.29 is 24.2 Å². The molecule has 0 spiro atoms. The minimum atomic E-state index is -1.01. The zero-order valence-electron chi connectivity index (χ0n) is 12.7. The van der Waals surface area contributed by atoms with Gasteiger partial charge in [-0.15, -0.1) is 11.3 Å². The van der Waals surface area contributed by atoms with E-state index in [-0.39, 0.29) is 12.3 Å². The van der Waals surface area contributed by atoms with Crippen molar-refractivity contribution in [2.75, 3.05) is 14.2 Å². The lowest BCUT2D eigenvalue weighted by Gasteiger charge is -2.20. The van der Waals surface area contributed by atoms with E-state index in [1.165, 1.54) is 25.6 Å². The van der Waals surface area contributed by atoms with E-state index in [1.54, 1.807) is 35.7 Å². The Morgan fingerprint density at radius 2 is 2.04 bits per heavy atom. The number of carbonyl (C=O) groups is 2. The molecule has 0 aliphatic heterocycles. The van der Waals surface area contributed by atoms with Gasteiger partial charge in [0.2, 0.25) is 0 Å². The number of amides is 1. The minimum Gasteiger partial charge on any atom is -0.497 e. The number of rotatable bonds is 7. The molecule has 122 valence electrons. The second kappa shape index (κ2) is 7.64. The molecule has 0 aliphatic rings. The predicted molar refractivity (Wildman–Crippen MR) is 86.3 cm³/mol. The van der Waals surface area contributed by atoms with Crippen LogP contribution in [0, 0.1) is 0 Å². The largest absolute Gasteiger partial charge is 0.497 e. The lowest BCUT2D eigenvalue weighted by atomic mass is 10.0. The summed E-state index contributed by atoms with van der Waals surface area (Å²) in [6.07, 6.45) is -0.250. The Hall–Kier alpha value is -2.54. The number of benzene rings is 1. The third kappa shape index (κ3) is 4.23. The number of carbonyl (C=O) groups excluding carboxylic acids is 1. The number of aliphatic carboxylic acids is 1. The zero-order chi connectivity index (χ0) is 16.8. The molecule has 0 aliphatic carbocycles. The topological polar surface area (TPSA) is 84.9 Å². The van der Waals surface area contributed by atoms with Crippen LogP contribution < -0.4 is 14.8 Å². The Morgan fingerprint density at radius 1 is 1.26 bits per heavy atom. The molecule has 7 heteroatoms. The maximum absolute atomic E-state index is 12.2. The van der Waals surface area contributed by atoms with Crippen molar-refractivity contribution in [2.24, 2.45) is 0 Å². The second-order valence-electron chi connectivity index (χ2n) is 4.71. The third-order valence-electron chi connectivity index (χ3n) is 3.25. The number of methoxy groups -OCH3 is 2. The SMILES string of the molecule is COc1ccc(C(CC(=O)O)NC(=O)c2cccs2)c(OC)c1. The van der Waals surface area contributed by atoms with Gasteiger partial charge in [-0.1, -0.05) is 6.07 Å². The molecule has 2 N–H and O–H groups in total. The molecule has 1 amide bonds. The van der Waals surface area contributed by atoms with Crippen LogP contribution in [0.5, 0.6) is 11.5 Å². The standard InChI is InChI=1S/C16H17NO5S/c1-21-10-5-6-11(13(8-10)22-2)12(9-15(18)19)17-16(20)14-4-3-7-23-14/h3-8,12H,9H2,1-2H3,(H,17,20)(H,18,19). The van der Waals surface area contributed by atoms with Gasteiger partial charge >= 0.3 is 5.97 Å². The Kier molecular flexibility index (Phi) is 5.59. The summed E-state index contributed by atoms with van der Waals surface area (Å²) >= 11 is 1.29. The number of thiophene rings is 1. The van der Waals surface area contributed by atoms with E-state index < -0.39 is 12.0 Å². The zero-order valence-corrected chi connectivity index (χ0v) is 13.6. The van der Waals surface area contributed by atoms with E-state index in [9.17, 15) is 9.59 Å². The van der Waals surface area contributed by atoms with Crippen LogP contribution in [0.4, 0.5) is 0 Å². The highest BCUT2D eigenvalue weighted by atomic mass is 32.1. The van der Waals surface area contributed by atoms with E-state index in [1.807, 2.05) is 0 Å². The Bertz CT molecular complexity index is 684. The molecule has 1 heterocycles. The van der Waals surface area contributed by atoms with Crippen molar-refractivity contribution in [1.82, 2.24) is 5.32 Å². The van der Waals surface area contributed by atoms with Gasteiger partial charge < -0.3 is 19.9 Å². The first kappa shape index (κ1) is 16.8. The van der Waals surface area contributed by atoms with Gasteiger partial charge in [-0.05, 0) is 23.6 Å². The van der Waals surface area contributed by atoms with E-state index >= 15 is 0 Å². The fraction of sp³-hybridized carbons (Fsp3) is 0.250. The molecular weight excluding hydrogens is 318 g/mol. The Labute approximate surface area is 137 Å². The van der Waals surface area contributed by atoms with Crippen LogP contribution >= 0.6 is 11.3 Å². The highest BCUT2D eigenvalue weighted by Gasteiger charge is 2.23. The van der Waals surface area contributed by atoms with Crippen molar-refractivity contribution in [3.8, 4) is 11.5 Å². The fourth-order valence-electron chi connectivity index (χ4n) is 2.16. The summed E-state index contributed by atoms with van der Waals surface area (Å²) < 4.78 is 10.4. The van der Waals surface area contributed by atoms with Crippen LogP contribution in [0.1, 0.15) is 27.7 Å². The van der Waals surface area contributed by atoms with E-state index in [0.29, 0.717) is 21.9 Å². The number of carboxylic acid groups (broad SMARTS) is 1. The molecule has 0 saturated carbocycles. The molecule has 1 unspecified atom stereocenters. The molecule has 0 radical (unpaired) electrons. The maximum atomic E-state index is 12.2. The van der Waals surface area contributed by atoms with Crippen LogP contribution in [0.2, 0.25) is 0 Å². The molecule has 0 bridgehead atoms. The summed E-state index contributed by atoms with van der Waals surface area (Å²) in [7, 11) is 3.01. The van der Waals surface area contributed by atoms with Crippen LogP contribution in [-0.4, -0.2) is 31.2 Å². The Balaban J connectivity index is 2.31. The summed E-state index contributed by atoms with van der Waals surface area (Å²) in [5.41, 5.74) is 0.584. The van der Waals surface area contributed by atoms with Gasteiger partial charge in [0.05, 0.1) is 31.6 Å². The number of hydrogen-bond acceptors (Lipinski definition) is 5. The molecular formula is C16H17NO5S. The van der Waals surface area contributed by atoms with Crippen molar-refractivity contribution >= 4 is 23.2 Å². The summed E-state index contributed by atoms with van der Waals surface area (Å²) in [5.74, 6) is -0.283. The van der Waals surface area contributed by atoms with Crippen molar-refractivity contribution in [3.63, 3.8) is 0 Å². The van der Waals surface area contributed by atoms with Crippen LogP contribution in [0.3, 0.4) is 0 Å². The van der Waals surface area contributed by atoms with Crippen molar-refractivity contribution in [3.05, 3.63) is 46.2 Å². The van der Waals surface area contributed by atoms with Crippen molar-refractivity contribution in [1.29, 1.82) is 0 Å². The van der Waals surface area contributed by atoms with Crippen LogP contribution in [-0.2, 0) is 4.79 Å². The molecule has 1 aromatic carbocycles. The molecule has 0 saturated heterocycles. The first-order chi connectivity index (χ1) is 11.0. The average Bonchev–Trinajstić information content (AvgIpc) is 3.07. The van der Waals surface area contributed by atoms with E-state index in [2.05, 4.69) is 5.32 Å². The third-order valence-corrected chi connectivity index (χ3v) is 4.11.